The van der Waals surface area contributed by atoms with Crippen LogP contribution in [0.25, 0.3) is 0 Å². The second-order valence-corrected chi connectivity index (χ2v) is 7.48. The predicted molar refractivity (Wildman–Crippen MR) is 117 cm³/mol. The van der Waals surface area contributed by atoms with Crippen molar-refractivity contribution in [1.29, 1.82) is 0 Å². The highest BCUT2D eigenvalue weighted by Crippen LogP contribution is 2.28. The summed E-state index contributed by atoms with van der Waals surface area (Å²) in [4.78, 5) is 14.9. The fraction of sp³-hybridized carbons (Fsp3) is 0.458. The number of methoxy groups -OCH3 is 2. The predicted octanol–water partition coefficient (Wildman–Crippen LogP) is 2.59. The van der Waals surface area contributed by atoms with Gasteiger partial charge < -0.3 is 24.1 Å². The van der Waals surface area contributed by atoms with Gasteiger partial charge in [-0.2, -0.15) is 0 Å². The van der Waals surface area contributed by atoms with E-state index in [2.05, 4.69) is 4.90 Å². The number of nitrogens with zero attached hydrogens (tertiary/aromatic N) is 1. The quantitative estimate of drug-likeness (QED) is 0.550. The van der Waals surface area contributed by atoms with Crippen molar-refractivity contribution >= 4 is 5.78 Å². The van der Waals surface area contributed by atoms with Gasteiger partial charge in [0.2, 0.25) is 0 Å². The number of aryl methyl sites for hydroxylation is 1. The molecule has 1 saturated heterocycles. The Bertz CT molecular complexity index is 850. The van der Waals surface area contributed by atoms with Gasteiger partial charge in [0.25, 0.3) is 0 Å². The molecule has 0 aromatic heterocycles. The Morgan fingerprint density at radius 1 is 1.06 bits per heavy atom. The number of morpholine rings is 1. The smallest absolute Gasteiger partial charge is 0.163 e. The molecule has 1 atom stereocenters. The average molecular weight is 430 g/mol. The van der Waals surface area contributed by atoms with Gasteiger partial charge in [-0.15, -0.1) is 0 Å². The monoisotopic (exact) mass is 429 g/mol. The van der Waals surface area contributed by atoms with Crippen LogP contribution in [0.4, 0.5) is 0 Å². The molecule has 0 bridgehead atoms. The number of aliphatic hydroxyl groups excluding tert-OH is 1. The first-order chi connectivity index (χ1) is 15.1. The third-order valence-corrected chi connectivity index (χ3v) is 5.30. The van der Waals surface area contributed by atoms with Crippen LogP contribution < -0.4 is 14.2 Å². The molecule has 1 unspecified atom stereocenters. The fourth-order valence-corrected chi connectivity index (χ4v) is 3.57. The molecule has 1 fully saturated rings. The maximum absolute atomic E-state index is 12.7. The molecule has 1 aliphatic rings. The van der Waals surface area contributed by atoms with Crippen molar-refractivity contribution in [2.24, 2.45) is 0 Å². The number of rotatable bonds is 11. The molecule has 0 radical (unpaired) electrons. The molecule has 1 aliphatic heterocycles. The zero-order valence-corrected chi connectivity index (χ0v) is 18.2. The molecule has 1 N–H and O–H groups in total. The Balaban J connectivity index is 1.54. The van der Waals surface area contributed by atoms with Crippen LogP contribution in [-0.2, 0) is 11.2 Å². The standard InChI is InChI=1S/C24H31NO6/c1-28-23-10-8-19(15-24(23)29-2)21(27)9-7-18-5-3-4-6-22(18)31-17-20(26)16-25-11-13-30-14-12-25/h3-6,8,10,15,20,26H,7,9,11-14,16-17H2,1-2H3. The molecule has 7 nitrogen and oxygen atoms in total. The number of ether oxygens (including phenoxy) is 4. The summed E-state index contributed by atoms with van der Waals surface area (Å²) < 4.78 is 21.7. The van der Waals surface area contributed by atoms with Crippen molar-refractivity contribution in [2.45, 2.75) is 18.9 Å². The number of Topliss-reactive ketones (excluding diaryl/α,β-unsaturated/α-hetero) is 1. The van der Waals surface area contributed by atoms with Crippen LogP contribution in [0, 0.1) is 0 Å². The lowest BCUT2D eigenvalue weighted by Gasteiger charge is -2.28. The Morgan fingerprint density at radius 3 is 2.55 bits per heavy atom. The molecule has 2 aromatic rings. The lowest BCUT2D eigenvalue weighted by atomic mass is 10.0. The molecule has 31 heavy (non-hydrogen) atoms. The first kappa shape index (κ1) is 23.1. The summed E-state index contributed by atoms with van der Waals surface area (Å²) in [5.74, 6) is 1.84. The summed E-state index contributed by atoms with van der Waals surface area (Å²) in [7, 11) is 3.11. The maximum Gasteiger partial charge on any atom is 0.163 e. The van der Waals surface area contributed by atoms with Crippen molar-refractivity contribution in [2.75, 3.05) is 53.7 Å². The molecule has 1 heterocycles. The number of hydrogen-bond donors (Lipinski definition) is 1. The Labute approximate surface area is 183 Å². The minimum absolute atomic E-state index is 0.0168. The van der Waals surface area contributed by atoms with Gasteiger partial charge in [0, 0.05) is 31.6 Å². The summed E-state index contributed by atoms with van der Waals surface area (Å²) in [6, 6.07) is 12.8. The molecular formula is C24H31NO6. The third kappa shape index (κ3) is 6.69. The molecular weight excluding hydrogens is 398 g/mol. The Hall–Kier alpha value is -2.61. The van der Waals surface area contributed by atoms with Crippen molar-refractivity contribution in [1.82, 2.24) is 4.90 Å². The maximum atomic E-state index is 12.7. The molecule has 0 aliphatic carbocycles. The van der Waals surface area contributed by atoms with E-state index in [4.69, 9.17) is 18.9 Å². The molecule has 0 amide bonds. The fourth-order valence-electron chi connectivity index (χ4n) is 3.57. The number of ketones is 1. The summed E-state index contributed by atoms with van der Waals surface area (Å²) in [6.07, 6.45) is 0.300. The molecule has 0 saturated carbocycles. The van der Waals surface area contributed by atoms with Gasteiger partial charge in [0.05, 0.1) is 27.4 Å². The number of benzene rings is 2. The van der Waals surface area contributed by atoms with E-state index in [9.17, 15) is 9.90 Å². The lowest BCUT2D eigenvalue weighted by molar-refractivity contribution is 0.00457. The second kappa shape index (κ2) is 11.7. The topological polar surface area (TPSA) is 77.5 Å². The van der Waals surface area contributed by atoms with Gasteiger partial charge in [-0.05, 0) is 36.2 Å². The van der Waals surface area contributed by atoms with Crippen molar-refractivity contribution in [3.05, 3.63) is 53.6 Å². The summed E-state index contributed by atoms with van der Waals surface area (Å²) in [5, 5.41) is 10.3. The number of carbonyl (C=O) groups is 1. The molecule has 0 spiro atoms. The largest absolute Gasteiger partial charge is 0.493 e. The molecule has 168 valence electrons. The van der Waals surface area contributed by atoms with Crippen molar-refractivity contribution < 1.29 is 28.8 Å². The van der Waals surface area contributed by atoms with Gasteiger partial charge in [-0.3, -0.25) is 9.69 Å². The van der Waals surface area contributed by atoms with Crippen LogP contribution in [0.2, 0.25) is 0 Å². The minimum atomic E-state index is -0.584. The Kier molecular flexibility index (Phi) is 8.70. The van der Waals surface area contributed by atoms with E-state index >= 15 is 0 Å². The van der Waals surface area contributed by atoms with Gasteiger partial charge >= 0.3 is 0 Å². The number of para-hydroxylation sites is 1. The van der Waals surface area contributed by atoms with E-state index in [0.717, 1.165) is 18.7 Å². The third-order valence-electron chi connectivity index (χ3n) is 5.30. The number of aliphatic hydroxyl groups is 1. The van der Waals surface area contributed by atoms with Crippen molar-refractivity contribution in [3.8, 4) is 17.2 Å². The SMILES string of the molecule is COc1ccc(C(=O)CCc2ccccc2OCC(O)CN2CCOCC2)cc1OC. The van der Waals surface area contributed by atoms with E-state index in [1.54, 1.807) is 32.4 Å². The van der Waals surface area contributed by atoms with E-state index in [1.807, 2.05) is 24.3 Å². The Morgan fingerprint density at radius 2 is 1.81 bits per heavy atom. The van der Waals surface area contributed by atoms with Crippen LogP contribution in [0.5, 0.6) is 17.2 Å². The van der Waals surface area contributed by atoms with Gasteiger partial charge in [0.15, 0.2) is 17.3 Å². The molecule has 3 rings (SSSR count). The van der Waals surface area contributed by atoms with E-state index in [-0.39, 0.29) is 12.4 Å². The zero-order chi connectivity index (χ0) is 22.1. The molecule has 2 aromatic carbocycles. The first-order valence-corrected chi connectivity index (χ1v) is 10.5. The van der Waals surface area contributed by atoms with Crippen LogP contribution in [0.1, 0.15) is 22.3 Å². The second-order valence-electron chi connectivity index (χ2n) is 7.48. The highest BCUT2D eigenvalue weighted by atomic mass is 16.5. The van der Waals surface area contributed by atoms with Gasteiger partial charge in [-0.1, -0.05) is 18.2 Å². The highest BCUT2D eigenvalue weighted by molar-refractivity contribution is 5.96. The van der Waals surface area contributed by atoms with E-state index in [0.29, 0.717) is 55.4 Å². The minimum Gasteiger partial charge on any atom is -0.493 e. The van der Waals surface area contributed by atoms with Crippen LogP contribution in [-0.4, -0.2) is 75.6 Å². The number of hydrogen-bond acceptors (Lipinski definition) is 7. The van der Waals surface area contributed by atoms with Gasteiger partial charge in [0.1, 0.15) is 18.5 Å². The highest BCUT2D eigenvalue weighted by Gasteiger charge is 2.16. The number of β-amino-alcohol motifs (C(OH)–C–C–N with tert-alkyl or cyclic N) is 1. The van der Waals surface area contributed by atoms with Crippen LogP contribution in [0.3, 0.4) is 0 Å². The first-order valence-electron chi connectivity index (χ1n) is 10.5. The summed E-state index contributed by atoms with van der Waals surface area (Å²) >= 11 is 0. The van der Waals surface area contributed by atoms with E-state index in [1.165, 1.54) is 0 Å². The summed E-state index contributed by atoms with van der Waals surface area (Å²) in [5.41, 5.74) is 1.52. The zero-order valence-electron chi connectivity index (χ0n) is 18.2. The van der Waals surface area contributed by atoms with Crippen LogP contribution >= 0.6 is 0 Å². The van der Waals surface area contributed by atoms with Gasteiger partial charge in [-0.25, -0.2) is 0 Å². The van der Waals surface area contributed by atoms with E-state index < -0.39 is 6.10 Å². The van der Waals surface area contributed by atoms with Crippen LogP contribution in [0.15, 0.2) is 42.5 Å². The normalized spacial score (nSPS) is 15.3. The number of carbonyl (C=O) groups excluding carboxylic acids is 1. The molecule has 7 heteroatoms. The van der Waals surface area contributed by atoms with Crippen molar-refractivity contribution in [3.63, 3.8) is 0 Å². The average Bonchev–Trinajstić information content (AvgIpc) is 2.81. The summed E-state index contributed by atoms with van der Waals surface area (Å²) in [6.45, 7) is 3.81. The lowest BCUT2D eigenvalue weighted by Crippen LogP contribution is -2.42.